The average molecular weight is 518 g/mol. The van der Waals surface area contributed by atoms with Gasteiger partial charge in [0.2, 0.25) is 5.88 Å². The number of benzene rings is 1. The second-order valence-corrected chi connectivity index (χ2v) is 10.5. The number of fused-ring (bicyclic) bond motifs is 1. The van der Waals surface area contributed by atoms with E-state index in [1.165, 1.54) is 18.5 Å². The first-order valence-corrected chi connectivity index (χ1v) is 12.2. The second-order valence-electron chi connectivity index (χ2n) is 7.26. The predicted molar refractivity (Wildman–Crippen MR) is 115 cm³/mol. The zero-order chi connectivity index (χ0) is 24.5. The predicted octanol–water partition coefficient (Wildman–Crippen LogP) is 3.52. The van der Waals surface area contributed by atoms with E-state index in [0.717, 1.165) is 29.5 Å². The van der Waals surface area contributed by atoms with Crippen LogP contribution >= 0.6 is 11.3 Å². The quantitative estimate of drug-likeness (QED) is 0.541. The Bertz CT molecular complexity index is 1310. The summed E-state index contributed by atoms with van der Waals surface area (Å²) < 4.78 is 69.6. The molecule has 1 saturated heterocycles. The lowest BCUT2D eigenvalue weighted by Gasteiger charge is -2.30. The summed E-state index contributed by atoms with van der Waals surface area (Å²) in [6.07, 6.45) is -4.00. The van der Waals surface area contributed by atoms with Crippen molar-refractivity contribution in [1.29, 1.82) is 0 Å². The standard InChI is InChI=1S/C19H18F3N5O5S2/c1-31-15-14-16(24-10-23-15)33-17(25-14)26-18(28)32-27-7-5-12(6-8-27)34(29,30)13-4-2-3-11(9-13)19(20,21)22/h2-4,9-10,12H,5-8H2,1H3,(H,25,26,28). The van der Waals surface area contributed by atoms with Crippen LogP contribution in [0.5, 0.6) is 5.88 Å². The van der Waals surface area contributed by atoms with Gasteiger partial charge in [0.15, 0.2) is 25.3 Å². The Labute approximate surface area is 195 Å². The van der Waals surface area contributed by atoms with E-state index in [4.69, 9.17) is 9.57 Å². The average Bonchev–Trinajstić information content (AvgIpc) is 3.21. The van der Waals surface area contributed by atoms with Gasteiger partial charge in [0.05, 0.1) is 22.8 Å². The van der Waals surface area contributed by atoms with Gasteiger partial charge in [0, 0.05) is 13.1 Å². The van der Waals surface area contributed by atoms with Gasteiger partial charge in [-0.1, -0.05) is 17.4 Å². The zero-order valence-corrected chi connectivity index (χ0v) is 19.2. The van der Waals surface area contributed by atoms with Gasteiger partial charge in [0.25, 0.3) is 0 Å². The van der Waals surface area contributed by atoms with Crippen LogP contribution in [0, 0.1) is 0 Å². The van der Waals surface area contributed by atoms with E-state index in [1.54, 1.807) is 0 Å². The van der Waals surface area contributed by atoms with Gasteiger partial charge >= 0.3 is 12.3 Å². The fourth-order valence-electron chi connectivity index (χ4n) is 3.44. The normalized spacial score (nSPS) is 15.9. The number of aromatic nitrogens is 3. The first-order chi connectivity index (χ1) is 16.1. The fraction of sp³-hybridized carbons (Fsp3) is 0.368. The summed E-state index contributed by atoms with van der Waals surface area (Å²) in [6.45, 7) is 0.185. The Morgan fingerprint density at radius 2 is 1.97 bits per heavy atom. The number of hydroxylamine groups is 2. The highest BCUT2D eigenvalue weighted by atomic mass is 32.2. The number of alkyl halides is 3. The molecule has 1 aliphatic heterocycles. The summed E-state index contributed by atoms with van der Waals surface area (Å²) in [7, 11) is -2.55. The van der Waals surface area contributed by atoms with Crippen molar-refractivity contribution in [2.45, 2.75) is 29.2 Å². The van der Waals surface area contributed by atoms with Crippen molar-refractivity contribution < 1.29 is 36.0 Å². The number of nitrogens with one attached hydrogen (secondary N) is 1. The number of rotatable bonds is 5. The summed E-state index contributed by atoms with van der Waals surface area (Å²) in [5.74, 6) is 0.256. The highest BCUT2D eigenvalue weighted by molar-refractivity contribution is 7.92. The highest BCUT2D eigenvalue weighted by Crippen LogP contribution is 2.33. The first-order valence-electron chi connectivity index (χ1n) is 9.88. The maximum absolute atomic E-state index is 13.0. The number of sulfone groups is 1. The van der Waals surface area contributed by atoms with Crippen molar-refractivity contribution in [2.75, 3.05) is 25.5 Å². The molecule has 3 heterocycles. The molecule has 0 atom stereocenters. The molecule has 2 aromatic heterocycles. The van der Waals surface area contributed by atoms with Crippen molar-refractivity contribution in [3.05, 3.63) is 36.2 Å². The molecule has 0 spiro atoms. The van der Waals surface area contributed by atoms with Crippen molar-refractivity contribution in [3.8, 4) is 5.88 Å². The monoisotopic (exact) mass is 517 g/mol. The van der Waals surface area contributed by atoms with Gasteiger partial charge in [-0.3, -0.25) is 5.32 Å². The van der Waals surface area contributed by atoms with Crippen molar-refractivity contribution in [2.24, 2.45) is 0 Å². The molecular weight excluding hydrogens is 499 g/mol. The number of anilines is 1. The van der Waals surface area contributed by atoms with Crippen molar-refractivity contribution in [3.63, 3.8) is 0 Å². The van der Waals surface area contributed by atoms with Crippen molar-refractivity contribution >= 4 is 42.7 Å². The number of halogens is 3. The van der Waals surface area contributed by atoms with Crippen LogP contribution in [0.4, 0.5) is 23.1 Å². The van der Waals surface area contributed by atoms with E-state index in [-0.39, 0.29) is 41.8 Å². The lowest BCUT2D eigenvalue weighted by Crippen LogP contribution is -2.41. The number of ether oxygens (including phenoxy) is 1. The third kappa shape index (κ3) is 5.05. The largest absolute Gasteiger partial charge is 0.479 e. The smallest absolute Gasteiger partial charge is 0.432 e. The van der Waals surface area contributed by atoms with Crippen LogP contribution in [-0.4, -0.2) is 60.0 Å². The molecule has 1 aromatic carbocycles. The van der Waals surface area contributed by atoms with Crippen LogP contribution in [0.1, 0.15) is 18.4 Å². The number of amides is 1. The lowest BCUT2D eigenvalue weighted by molar-refractivity contribution is -0.137. The lowest BCUT2D eigenvalue weighted by atomic mass is 10.1. The number of hydrogen-bond donors (Lipinski definition) is 1. The number of methoxy groups -OCH3 is 1. The molecule has 0 radical (unpaired) electrons. The summed E-state index contributed by atoms with van der Waals surface area (Å²) in [5, 5.41) is 3.08. The molecule has 1 N–H and O–H groups in total. The Hall–Kier alpha value is -3.04. The van der Waals surface area contributed by atoms with E-state index in [1.807, 2.05) is 0 Å². The van der Waals surface area contributed by atoms with Crippen LogP contribution < -0.4 is 10.1 Å². The van der Waals surface area contributed by atoms with Crippen LogP contribution in [0.2, 0.25) is 0 Å². The van der Waals surface area contributed by atoms with E-state index in [9.17, 15) is 26.4 Å². The SMILES string of the molecule is COc1ncnc2sc(NC(=O)ON3CCC(S(=O)(=O)c4cccc(C(F)(F)F)c4)CC3)nc12. The molecule has 0 aliphatic carbocycles. The second kappa shape index (κ2) is 9.31. The number of thiazole rings is 1. The molecule has 182 valence electrons. The van der Waals surface area contributed by atoms with Gasteiger partial charge in [-0.2, -0.15) is 18.2 Å². The van der Waals surface area contributed by atoms with Crippen LogP contribution in [-0.2, 0) is 20.9 Å². The molecule has 10 nitrogen and oxygen atoms in total. The number of carbonyl (C=O) groups excluding carboxylic acids is 1. The highest BCUT2D eigenvalue weighted by Gasteiger charge is 2.35. The molecule has 0 saturated carbocycles. The minimum absolute atomic E-state index is 0.0831. The van der Waals surface area contributed by atoms with E-state index in [2.05, 4.69) is 20.3 Å². The van der Waals surface area contributed by atoms with E-state index >= 15 is 0 Å². The molecule has 1 amide bonds. The summed E-state index contributed by atoms with van der Waals surface area (Å²) in [4.78, 5) is 29.8. The van der Waals surface area contributed by atoms with E-state index < -0.39 is 32.9 Å². The van der Waals surface area contributed by atoms with Gasteiger partial charge in [-0.25, -0.2) is 23.2 Å². The number of nitrogens with zero attached hydrogens (tertiary/aromatic N) is 4. The molecule has 34 heavy (non-hydrogen) atoms. The minimum Gasteiger partial charge on any atom is -0.479 e. The Kier molecular flexibility index (Phi) is 6.60. The van der Waals surface area contributed by atoms with Crippen molar-refractivity contribution in [1.82, 2.24) is 20.0 Å². The van der Waals surface area contributed by atoms with Crippen LogP contribution in [0.25, 0.3) is 10.3 Å². The number of carbonyl (C=O) groups is 1. The Morgan fingerprint density at radius 3 is 2.65 bits per heavy atom. The van der Waals surface area contributed by atoms with Crippen LogP contribution in [0.3, 0.4) is 0 Å². The molecule has 4 rings (SSSR count). The van der Waals surface area contributed by atoms with Gasteiger partial charge < -0.3 is 9.57 Å². The summed E-state index contributed by atoms with van der Waals surface area (Å²) >= 11 is 1.09. The maximum Gasteiger partial charge on any atom is 0.432 e. The molecule has 0 unspecified atom stereocenters. The minimum atomic E-state index is -4.64. The Morgan fingerprint density at radius 1 is 1.24 bits per heavy atom. The number of piperidine rings is 1. The van der Waals surface area contributed by atoms with E-state index in [0.29, 0.717) is 16.4 Å². The summed E-state index contributed by atoms with van der Waals surface area (Å²) in [6, 6.07) is 3.69. The topological polar surface area (TPSA) is 124 Å². The van der Waals surface area contributed by atoms with Gasteiger partial charge in [0.1, 0.15) is 6.33 Å². The molecule has 1 aliphatic rings. The Balaban J connectivity index is 1.35. The molecule has 15 heteroatoms. The number of hydrogen-bond acceptors (Lipinski definition) is 10. The maximum atomic E-state index is 13.0. The fourth-order valence-corrected chi connectivity index (χ4v) is 6.00. The van der Waals surface area contributed by atoms with Crippen LogP contribution in [0.15, 0.2) is 35.5 Å². The molecular formula is C19H18F3N5O5S2. The summed E-state index contributed by atoms with van der Waals surface area (Å²) in [5.41, 5.74) is -0.643. The third-order valence-corrected chi connectivity index (χ3v) is 8.24. The molecule has 0 bridgehead atoms. The van der Waals surface area contributed by atoms with Gasteiger partial charge in [-0.15, -0.1) is 5.06 Å². The molecule has 3 aromatic rings. The zero-order valence-electron chi connectivity index (χ0n) is 17.6. The third-order valence-electron chi connectivity index (χ3n) is 5.11. The first kappa shape index (κ1) is 24.1. The van der Waals surface area contributed by atoms with Gasteiger partial charge in [-0.05, 0) is 31.0 Å². The molecule has 1 fully saturated rings.